The summed E-state index contributed by atoms with van der Waals surface area (Å²) in [5.41, 5.74) is 7.90. The number of rotatable bonds is 2. The Morgan fingerprint density at radius 1 is 1.13 bits per heavy atom. The lowest BCUT2D eigenvalue weighted by molar-refractivity contribution is 0.0248. The smallest absolute Gasteiger partial charge is 0.320 e. The molecule has 2 N–H and O–H groups in total. The van der Waals surface area contributed by atoms with E-state index < -0.39 is 0 Å². The molecular formula is C22H24FN5O2. The van der Waals surface area contributed by atoms with E-state index in [9.17, 15) is 9.18 Å². The fraction of sp³-hybridized carbons (Fsp3) is 0.364. The van der Waals surface area contributed by atoms with Crippen molar-refractivity contribution in [2.75, 3.05) is 45.9 Å². The van der Waals surface area contributed by atoms with Crippen LogP contribution < -0.4 is 16.3 Å². The molecule has 1 aromatic heterocycles. The SMILES string of the molecule is NC1=c2nc(-c3cccc(F)c3)ccc2=CCN1C1CN(C(=O)N2CCOCC2)C1. The first-order valence-corrected chi connectivity index (χ1v) is 10.2. The molecule has 5 rings (SSSR count). The molecule has 0 atom stereocenters. The molecule has 2 aromatic rings. The summed E-state index contributed by atoms with van der Waals surface area (Å²) in [5.74, 6) is 0.311. The number of ether oxygens (including phenoxy) is 1. The Hall–Kier alpha value is -3.13. The minimum Gasteiger partial charge on any atom is -0.384 e. The molecule has 2 saturated heterocycles. The second-order valence-electron chi connectivity index (χ2n) is 7.83. The normalized spacial score (nSPS) is 19.2. The number of fused-ring (bicyclic) bond motifs is 1. The van der Waals surface area contributed by atoms with Gasteiger partial charge < -0.3 is 25.2 Å². The van der Waals surface area contributed by atoms with Gasteiger partial charge in [0.1, 0.15) is 17.0 Å². The number of pyridine rings is 1. The zero-order chi connectivity index (χ0) is 20.7. The van der Waals surface area contributed by atoms with Gasteiger partial charge in [0, 0.05) is 43.5 Å². The molecule has 0 spiro atoms. The van der Waals surface area contributed by atoms with Crippen molar-refractivity contribution in [3.63, 3.8) is 0 Å². The van der Waals surface area contributed by atoms with Crippen LogP contribution in [0.4, 0.5) is 9.18 Å². The maximum absolute atomic E-state index is 13.6. The Balaban J connectivity index is 1.35. The van der Waals surface area contributed by atoms with Crippen LogP contribution in [0.5, 0.6) is 0 Å². The van der Waals surface area contributed by atoms with Gasteiger partial charge in [-0.25, -0.2) is 14.2 Å². The highest BCUT2D eigenvalue weighted by molar-refractivity contribution is 5.75. The number of carbonyl (C=O) groups excluding carboxylic acids is 1. The van der Waals surface area contributed by atoms with Gasteiger partial charge in [-0.15, -0.1) is 0 Å². The van der Waals surface area contributed by atoms with Crippen LogP contribution in [0.2, 0.25) is 0 Å². The molecule has 3 aliphatic heterocycles. The number of urea groups is 1. The number of amides is 2. The molecule has 0 saturated carbocycles. The van der Waals surface area contributed by atoms with E-state index in [0.717, 1.165) is 5.22 Å². The average molecular weight is 409 g/mol. The summed E-state index contributed by atoms with van der Waals surface area (Å²) in [6.07, 6.45) is 2.10. The van der Waals surface area contributed by atoms with Crippen molar-refractivity contribution in [3.05, 3.63) is 52.8 Å². The number of nitrogens with two attached hydrogens (primary N) is 1. The third kappa shape index (κ3) is 3.37. The van der Waals surface area contributed by atoms with E-state index in [1.165, 1.54) is 12.1 Å². The number of likely N-dealkylation sites (tertiary alicyclic amines) is 1. The summed E-state index contributed by atoms with van der Waals surface area (Å²) >= 11 is 0. The lowest BCUT2D eigenvalue weighted by Gasteiger charge is -2.48. The predicted octanol–water partition coefficient (Wildman–Crippen LogP) is 0.145. The van der Waals surface area contributed by atoms with Crippen LogP contribution >= 0.6 is 0 Å². The van der Waals surface area contributed by atoms with Crippen LogP contribution in [0.15, 0.2) is 36.4 Å². The van der Waals surface area contributed by atoms with E-state index in [-0.39, 0.29) is 17.9 Å². The largest absolute Gasteiger partial charge is 0.384 e. The number of aromatic nitrogens is 1. The Bertz CT molecular complexity index is 1090. The van der Waals surface area contributed by atoms with Crippen molar-refractivity contribution in [1.82, 2.24) is 19.7 Å². The average Bonchev–Trinajstić information content (AvgIpc) is 2.74. The Morgan fingerprint density at radius 2 is 1.93 bits per heavy atom. The molecule has 2 amide bonds. The number of nitrogens with zero attached hydrogens (tertiary/aromatic N) is 4. The van der Waals surface area contributed by atoms with Gasteiger partial charge in [0.25, 0.3) is 0 Å². The van der Waals surface area contributed by atoms with Crippen LogP contribution in [0.3, 0.4) is 0 Å². The molecular weight excluding hydrogens is 385 g/mol. The second-order valence-corrected chi connectivity index (χ2v) is 7.83. The molecule has 0 aliphatic carbocycles. The number of carbonyl (C=O) groups is 1. The molecule has 2 fully saturated rings. The van der Waals surface area contributed by atoms with Gasteiger partial charge in [-0.2, -0.15) is 0 Å². The van der Waals surface area contributed by atoms with Crippen molar-refractivity contribution >= 4 is 17.9 Å². The van der Waals surface area contributed by atoms with Gasteiger partial charge >= 0.3 is 6.03 Å². The lowest BCUT2D eigenvalue weighted by Crippen LogP contribution is -2.65. The third-order valence-electron chi connectivity index (χ3n) is 5.96. The van der Waals surface area contributed by atoms with Gasteiger partial charge in [-0.1, -0.05) is 24.3 Å². The monoisotopic (exact) mass is 409 g/mol. The first-order valence-electron chi connectivity index (χ1n) is 10.2. The number of halogens is 1. The molecule has 7 nitrogen and oxygen atoms in total. The Kier molecular flexibility index (Phi) is 4.78. The molecule has 0 unspecified atom stereocenters. The molecule has 0 radical (unpaired) electrons. The summed E-state index contributed by atoms with van der Waals surface area (Å²) < 4.78 is 18.9. The Morgan fingerprint density at radius 3 is 2.70 bits per heavy atom. The summed E-state index contributed by atoms with van der Waals surface area (Å²) in [7, 11) is 0. The van der Waals surface area contributed by atoms with Crippen LogP contribution in [0.25, 0.3) is 23.2 Å². The van der Waals surface area contributed by atoms with E-state index in [1.54, 1.807) is 6.07 Å². The van der Waals surface area contributed by atoms with Gasteiger partial charge in [-0.3, -0.25) is 0 Å². The third-order valence-corrected chi connectivity index (χ3v) is 5.96. The number of benzene rings is 1. The molecule has 3 aliphatic rings. The van der Waals surface area contributed by atoms with E-state index >= 15 is 0 Å². The molecule has 1 aromatic carbocycles. The van der Waals surface area contributed by atoms with Crippen molar-refractivity contribution in [1.29, 1.82) is 0 Å². The summed E-state index contributed by atoms with van der Waals surface area (Å²) in [6, 6.07) is 10.5. The minimum absolute atomic E-state index is 0.0704. The standard InChI is InChI=1S/C22H24FN5O2/c23-17-3-1-2-16(12-17)19-5-4-15-6-7-28(21(24)20(15)25-19)18-13-27(14-18)22(29)26-8-10-30-11-9-26/h1-6,12,18H,7-11,13-14,24H2. The first kappa shape index (κ1) is 18.9. The number of hydrogen-bond acceptors (Lipinski definition) is 5. The molecule has 0 bridgehead atoms. The molecule has 156 valence electrons. The quantitative estimate of drug-likeness (QED) is 0.764. The van der Waals surface area contributed by atoms with Gasteiger partial charge in [0.05, 0.1) is 24.9 Å². The van der Waals surface area contributed by atoms with Gasteiger partial charge in [0.2, 0.25) is 0 Å². The van der Waals surface area contributed by atoms with E-state index in [2.05, 4.69) is 11.0 Å². The van der Waals surface area contributed by atoms with Crippen LogP contribution in [-0.2, 0) is 4.74 Å². The lowest BCUT2D eigenvalue weighted by atomic mass is 10.1. The highest BCUT2D eigenvalue weighted by Crippen LogP contribution is 2.21. The predicted molar refractivity (Wildman–Crippen MR) is 111 cm³/mol. The van der Waals surface area contributed by atoms with Gasteiger partial charge in [0.15, 0.2) is 0 Å². The fourth-order valence-corrected chi connectivity index (χ4v) is 4.19. The number of morpholine rings is 1. The zero-order valence-electron chi connectivity index (χ0n) is 16.6. The van der Waals surface area contributed by atoms with Crippen LogP contribution in [-0.4, -0.2) is 77.7 Å². The van der Waals surface area contributed by atoms with Gasteiger partial charge in [-0.05, 0) is 18.2 Å². The molecule has 8 heteroatoms. The first-order chi connectivity index (χ1) is 14.6. The summed E-state index contributed by atoms with van der Waals surface area (Å²) in [6.45, 7) is 4.46. The highest BCUT2D eigenvalue weighted by Gasteiger charge is 2.38. The van der Waals surface area contributed by atoms with E-state index in [4.69, 9.17) is 15.5 Å². The second kappa shape index (κ2) is 7.60. The minimum atomic E-state index is -0.295. The zero-order valence-corrected chi connectivity index (χ0v) is 16.6. The van der Waals surface area contributed by atoms with Crippen molar-refractivity contribution < 1.29 is 13.9 Å². The van der Waals surface area contributed by atoms with Crippen LogP contribution in [0, 0.1) is 5.82 Å². The van der Waals surface area contributed by atoms with Crippen LogP contribution in [0.1, 0.15) is 0 Å². The summed E-state index contributed by atoms with van der Waals surface area (Å²) in [5, 5.41) is 1.69. The molecule has 30 heavy (non-hydrogen) atoms. The number of hydrogen-bond donors (Lipinski definition) is 1. The fourth-order valence-electron chi connectivity index (χ4n) is 4.19. The maximum Gasteiger partial charge on any atom is 0.320 e. The molecule has 4 heterocycles. The van der Waals surface area contributed by atoms with E-state index in [1.807, 2.05) is 28.0 Å². The van der Waals surface area contributed by atoms with E-state index in [0.29, 0.717) is 68.4 Å². The highest BCUT2D eigenvalue weighted by atomic mass is 19.1. The van der Waals surface area contributed by atoms with Crippen molar-refractivity contribution in [3.8, 4) is 11.3 Å². The van der Waals surface area contributed by atoms with Crippen molar-refractivity contribution in [2.45, 2.75) is 6.04 Å². The summed E-state index contributed by atoms with van der Waals surface area (Å²) in [4.78, 5) is 23.1. The van der Waals surface area contributed by atoms with Crippen molar-refractivity contribution in [2.24, 2.45) is 5.73 Å². The topological polar surface area (TPSA) is 74.9 Å². The maximum atomic E-state index is 13.6. The Labute approximate surface area is 173 Å².